The summed E-state index contributed by atoms with van der Waals surface area (Å²) < 4.78 is 116. The molecule has 0 saturated carbocycles. The molecule has 3 fully saturated rings. The SMILES string of the molecule is C.O=S(=O)(Cl)c1ccc2c(c1)OCO2.O=S(=O)(c1ccc2c(c1)OCO2)N1CCC(n2c(-c3ccccc3)nc3cccnc32)CC1.O=S(=O)(c1ccc2c(c1)OCO2)N1CCC(n2c(-c3ccccc3)nc3cccnc32)CC1.c1ccc(-c2nc3cccnc3n2C2CCNCC2)cc1. The van der Waals surface area contributed by atoms with Crippen molar-refractivity contribution in [2.75, 3.05) is 59.6 Å². The van der Waals surface area contributed by atoms with E-state index in [1.54, 1.807) is 57.4 Å². The van der Waals surface area contributed by atoms with Crippen molar-refractivity contribution in [3.8, 4) is 68.7 Å². The third kappa shape index (κ3) is 14.1. The average molecular weight is 1440 g/mol. The average Bonchev–Trinajstić information content (AvgIpc) is 1.70. The number of fused-ring (bicyclic) bond motifs is 6. The van der Waals surface area contributed by atoms with Gasteiger partial charge in [-0.05, 0) is 124 Å². The van der Waals surface area contributed by atoms with Gasteiger partial charge < -0.3 is 47.4 Å². The maximum atomic E-state index is 13.3. The van der Waals surface area contributed by atoms with Gasteiger partial charge in [0.15, 0.2) is 51.4 Å². The molecule has 101 heavy (non-hydrogen) atoms. The Bertz CT molecular complexity index is 5080. The van der Waals surface area contributed by atoms with Crippen molar-refractivity contribution in [2.24, 2.45) is 0 Å². The van der Waals surface area contributed by atoms with Gasteiger partial charge in [0.25, 0.3) is 9.05 Å². The molecular weight excluding hydrogens is 1370 g/mol. The third-order valence-corrected chi connectivity index (χ3v) is 23.4. The Hall–Kier alpha value is -10.0. The molecule has 6 aromatic heterocycles. The van der Waals surface area contributed by atoms with Crippen LogP contribution in [0.25, 0.3) is 67.7 Å². The van der Waals surface area contributed by atoms with Crippen molar-refractivity contribution in [2.45, 2.75) is 78.8 Å². The molecule has 3 saturated heterocycles. The molecule has 12 aromatic rings. The van der Waals surface area contributed by atoms with Crippen LogP contribution in [0.15, 0.2) is 215 Å². The highest BCUT2D eigenvalue weighted by molar-refractivity contribution is 8.13. The number of piperidine rings is 3. The van der Waals surface area contributed by atoms with Crippen LogP contribution in [-0.2, 0) is 29.1 Å². The maximum Gasteiger partial charge on any atom is 0.261 e. The maximum absolute atomic E-state index is 13.3. The lowest BCUT2D eigenvalue weighted by atomic mass is 10.1. The van der Waals surface area contributed by atoms with Crippen molar-refractivity contribution in [1.82, 2.24) is 57.5 Å². The monoisotopic (exact) mass is 1440 g/mol. The topological polar surface area (TPSA) is 268 Å². The molecule has 28 heteroatoms. The predicted octanol–water partition coefficient (Wildman–Crippen LogP) is 12.7. The van der Waals surface area contributed by atoms with Gasteiger partial charge >= 0.3 is 0 Å². The standard InChI is InChI=1S/2C24H22N4O4S.C17H18N4.C7H5ClO4S.CH4/c2*29-33(30,19-8-9-21-22(15-19)32-16-31-21)27-13-10-18(11-14-27)28-23(17-5-2-1-3-6-17)26-20-7-4-12-25-24(20)28;1-2-5-13(6-3-1)16-20-15-7-4-10-19-17(15)21(16)14-8-11-18-12-9-14;8-13(9,10)5-1-2-6-7(3-5)12-4-11-6;/h2*1-9,12,15,18H,10-11,13-14,16H2;1-7,10,14,18H,8-9,11-12H2;1-3H,4H2;1H4. The summed E-state index contributed by atoms with van der Waals surface area (Å²) in [5.74, 6) is 5.77. The van der Waals surface area contributed by atoms with E-state index in [0.717, 1.165) is 93.6 Å². The summed E-state index contributed by atoms with van der Waals surface area (Å²) in [6.45, 7) is 4.13. The number of aromatic nitrogens is 9. The summed E-state index contributed by atoms with van der Waals surface area (Å²) >= 11 is 0. The molecule has 0 aliphatic carbocycles. The summed E-state index contributed by atoms with van der Waals surface area (Å²) in [4.78, 5) is 28.8. The second-order valence-corrected chi connectivity index (χ2v) is 30.7. The van der Waals surface area contributed by atoms with E-state index < -0.39 is 29.1 Å². The summed E-state index contributed by atoms with van der Waals surface area (Å²) in [6.07, 6.45) is 10.3. The number of hydrogen-bond donors (Lipinski definition) is 1. The van der Waals surface area contributed by atoms with Gasteiger partial charge in [0.2, 0.25) is 40.4 Å². The van der Waals surface area contributed by atoms with Crippen molar-refractivity contribution in [1.29, 1.82) is 0 Å². The van der Waals surface area contributed by atoms with Crippen LogP contribution in [-0.4, -0.2) is 137 Å². The number of nitrogens with zero attached hydrogens (tertiary/aromatic N) is 11. The first-order valence-corrected chi connectivity index (χ1v) is 37.9. The summed E-state index contributed by atoms with van der Waals surface area (Å²) in [7, 11) is -5.80. The number of hydrogen-bond acceptors (Lipinski definition) is 19. The van der Waals surface area contributed by atoms with Gasteiger partial charge in [0, 0.05) is 108 Å². The highest BCUT2D eigenvalue weighted by Crippen LogP contribution is 2.41. The minimum Gasteiger partial charge on any atom is -0.454 e. The van der Waals surface area contributed by atoms with Crippen LogP contribution in [0.5, 0.6) is 34.5 Å². The van der Waals surface area contributed by atoms with Gasteiger partial charge in [0.1, 0.15) is 34.0 Å². The molecular formula is C73H71ClN12O12S3. The Morgan fingerprint density at radius 1 is 0.366 bits per heavy atom. The van der Waals surface area contributed by atoms with E-state index in [2.05, 4.69) is 58.2 Å². The van der Waals surface area contributed by atoms with Gasteiger partial charge in [-0.15, -0.1) is 0 Å². The summed E-state index contributed by atoms with van der Waals surface area (Å²) in [5.41, 5.74) is 8.52. The largest absolute Gasteiger partial charge is 0.454 e. The lowest BCUT2D eigenvalue weighted by molar-refractivity contribution is 0.173. The van der Waals surface area contributed by atoms with E-state index in [0.29, 0.717) is 92.4 Å². The quantitative estimate of drug-likeness (QED) is 0.118. The zero-order chi connectivity index (χ0) is 68.4. The summed E-state index contributed by atoms with van der Waals surface area (Å²) in [5, 5.41) is 3.43. The molecule has 24 nitrogen and oxygen atoms in total. The van der Waals surface area contributed by atoms with Crippen LogP contribution in [0.4, 0.5) is 0 Å². The second kappa shape index (κ2) is 29.3. The molecule has 0 bridgehead atoms. The highest BCUT2D eigenvalue weighted by Gasteiger charge is 2.36. The molecule has 6 aliphatic rings. The van der Waals surface area contributed by atoms with E-state index in [-0.39, 0.29) is 54.6 Å². The zero-order valence-electron chi connectivity index (χ0n) is 53.8. The number of pyridine rings is 3. The Morgan fingerprint density at radius 2 is 0.673 bits per heavy atom. The Balaban J connectivity index is 0.000000120. The van der Waals surface area contributed by atoms with Crippen LogP contribution in [0.2, 0.25) is 0 Å². The fraction of sp³-hybridized carbons (Fsp3) is 0.260. The molecule has 12 heterocycles. The van der Waals surface area contributed by atoms with Gasteiger partial charge in [0.05, 0.1) is 14.7 Å². The number of ether oxygens (including phenoxy) is 6. The smallest absolute Gasteiger partial charge is 0.261 e. The number of nitrogens with one attached hydrogen (secondary N) is 1. The van der Waals surface area contributed by atoms with Crippen molar-refractivity contribution in [3.63, 3.8) is 0 Å². The number of sulfonamides is 2. The lowest BCUT2D eigenvalue weighted by Crippen LogP contribution is -2.39. The fourth-order valence-electron chi connectivity index (χ4n) is 13.3. The molecule has 6 aliphatic heterocycles. The Labute approximate surface area is 588 Å². The lowest BCUT2D eigenvalue weighted by Gasteiger charge is -2.32. The van der Waals surface area contributed by atoms with Gasteiger partial charge in [-0.2, -0.15) is 8.61 Å². The number of halogens is 1. The van der Waals surface area contributed by atoms with E-state index in [1.807, 2.05) is 109 Å². The van der Waals surface area contributed by atoms with E-state index in [4.69, 9.17) is 54.1 Å². The van der Waals surface area contributed by atoms with Crippen molar-refractivity contribution in [3.05, 3.63) is 201 Å². The minimum atomic E-state index is -3.69. The normalized spacial score (nSPS) is 16.4. The van der Waals surface area contributed by atoms with E-state index in [1.165, 1.54) is 18.2 Å². The molecule has 18 rings (SSSR count). The van der Waals surface area contributed by atoms with Crippen LogP contribution in [0.3, 0.4) is 0 Å². The van der Waals surface area contributed by atoms with Crippen molar-refractivity contribution >= 4 is 73.3 Å². The first kappa shape index (κ1) is 68.1. The first-order chi connectivity index (χ1) is 48.7. The van der Waals surface area contributed by atoms with Gasteiger partial charge in [-0.1, -0.05) is 98.4 Å². The molecule has 0 amide bonds. The molecule has 6 aromatic carbocycles. The second-order valence-electron chi connectivity index (χ2n) is 24.3. The number of rotatable bonds is 11. The predicted molar refractivity (Wildman–Crippen MR) is 382 cm³/mol. The van der Waals surface area contributed by atoms with Gasteiger partial charge in [-0.3, -0.25) is 0 Å². The molecule has 0 radical (unpaired) electrons. The molecule has 0 atom stereocenters. The molecule has 0 unspecified atom stereocenters. The first-order valence-electron chi connectivity index (χ1n) is 32.7. The van der Waals surface area contributed by atoms with Crippen LogP contribution < -0.4 is 33.7 Å². The minimum absolute atomic E-state index is 0. The molecule has 520 valence electrons. The van der Waals surface area contributed by atoms with Crippen LogP contribution in [0.1, 0.15) is 64.1 Å². The third-order valence-electron chi connectivity index (χ3n) is 18.3. The Morgan fingerprint density at radius 3 is 1.01 bits per heavy atom. The number of imidazole rings is 3. The molecule has 0 spiro atoms. The van der Waals surface area contributed by atoms with E-state index >= 15 is 0 Å². The Kier molecular flexibility index (Phi) is 19.8. The van der Waals surface area contributed by atoms with Gasteiger partial charge in [-0.25, -0.2) is 55.2 Å². The number of benzene rings is 6. The summed E-state index contributed by atoms with van der Waals surface area (Å²) in [6, 6.07) is 56.6. The van der Waals surface area contributed by atoms with Crippen LogP contribution >= 0.6 is 10.7 Å². The molecule has 1 N–H and O–H groups in total. The highest BCUT2D eigenvalue weighted by atomic mass is 35.7. The van der Waals surface area contributed by atoms with E-state index in [9.17, 15) is 25.3 Å². The van der Waals surface area contributed by atoms with Crippen LogP contribution in [0, 0.1) is 0 Å². The fourth-order valence-corrected chi connectivity index (χ4v) is 17.1. The van der Waals surface area contributed by atoms with Crippen molar-refractivity contribution < 1.29 is 53.7 Å². The zero-order valence-corrected chi connectivity index (χ0v) is 57.0.